The number of benzene rings is 1. The first-order valence-corrected chi connectivity index (χ1v) is 7.18. The average molecular weight is 278 g/mol. The maximum absolute atomic E-state index is 11.0. The molecule has 5 heteroatoms. The Kier molecular flexibility index (Phi) is 4.47. The van der Waals surface area contributed by atoms with Crippen LogP contribution in [0.15, 0.2) is 18.2 Å². The van der Waals surface area contributed by atoms with Crippen LogP contribution in [0.1, 0.15) is 39.5 Å². The molecule has 0 heterocycles. The van der Waals surface area contributed by atoms with Crippen molar-refractivity contribution < 1.29 is 9.66 Å². The fourth-order valence-corrected chi connectivity index (χ4v) is 2.76. The van der Waals surface area contributed by atoms with Gasteiger partial charge in [-0.3, -0.25) is 10.1 Å². The van der Waals surface area contributed by atoms with Crippen LogP contribution in [-0.4, -0.2) is 18.1 Å². The van der Waals surface area contributed by atoms with Crippen LogP contribution in [0.2, 0.25) is 0 Å². The van der Waals surface area contributed by atoms with Gasteiger partial charge in [-0.05, 0) is 25.2 Å². The van der Waals surface area contributed by atoms with Crippen molar-refractivity contribution in [1.29, 1.82) is 0 Å². The second-order valence-electron chi connectivity index (χ2n) is 5.78. The molecule has 0 unspecified atom stereocenters. The maximum atomic E-state index is 11.0. The normalized spacial score (nSPS) is 16.9. The zero-order chi connectivity index (χ0) is 14.6. The molecule has 1 saturated carbocycles. The molecular formula is C15H22N2O3. The predicted octanol–water partition coefficient (Wildman–Crippen LogP) is 3.99. The van der Waals surface area contributed by atoms with Crippen molar-refractivity contribution in [1.82, 2.24) is 0 Å². The van der Waals surface area contributed by atoms with Crippen molar-refractivity contribution in [3.05, 3.63) is 28.3 Å². The van der Waals surface area contributed by atoms with Gasteiger partial charge >= 0.3 is 0 Å². The van der Waals surface area contributed by atoms with E-state index in [2.05, 4.69) is 12.2 Å². The molecule has 0 amide bonds. The van der Waals surface area contributed by atoms with E-state index in [4.69, 9.17) is 4.74 Å². The van der Waals surface area contributed by atoms with Crippen molar-refractivity contribution in [2.45, 2.75) is 39.5 Å². The molecule has 2 rings (SSSR count). The summed E-state index contributed by atoms with van der Waals surface area (Å²) in [6.07, 6.45) is 4.98. The lowest BCUT2D eigenvalue weighted by molar-refractivity contribution is -0.384. The number of nitro benzene ring substituents is 1. The van der Waals surface area contributed by atoms with Crippen molar-refractivity contribution in [3.63, 3.8) is 0 Å². The predicted molar refractivity (Wildman–Crippen MR) is 79.3 cm³/mol. The molecular weight excluding hydrogens is 256 g/mol. The van der Waals surface area contributed by atoms with Crippen LogP contribution >= 0.6 is 0 Å². The molecule has 1 aromatic rings. The minimum Gasteiger partial charge on any atom is -0.494 e. The number of non-ortho nitro benzene ring substituents is 1. The van der Waals surface area contributed by atoms with Gasteiger partial charge in [0.15, 0.2) is 0 Å². The molecule has 0 radical (unpaired) electrons. The lowest BCUT2D eigenvalue weighted by Crippen LogP contribution is -2.22. The number of hydrogen-bond acceptors (Lipinski definition) is 4. The fraction of sp³-hybridized carbons (Fsp3) is 0.600. The number of nitro groups is 1. The molecule has 1 fully saturated rings. The van der Waals surface area contributed by atoms with E-state index in [0.717, 1.165) is 12.2 Å². The lowest BCUT2D eigenvalue weighted by atomic mass is 9.89. The van der Waals surface area contributed by atoms with Gasteiger partial charge in [-0.15, -0.1) is 0 Å². The van der Waals surface area contributed by atoms with Crippen LogP contribution in [0.4, 0.5) is 11.4 Å². The summed E-state index contributed by atoms with van der Waals surface area (Å²) >= 11 is 0. The Labute approximate surface area is 119 Å². The summed E-state index contributed by atoms with van der Waals surface area (Å²) in [5, 5.41) is 14.3. The van der Waals surface area contributed by atoms with Crippen molar-refractivity contribution >= 4 is 11.4 Å². The summed E-state index contributed by atoms with van der Waals surface area (Å²) in [7, 11) is 0. The molecule has 110 valence electrons. The van der Waals surface area contributed by atoms with Gasteiger partial charge in [-0.1, -0.05) is 19.8 Å². The van der Waals surface area contributed by atoms with E-state index in [1.54, 1.807) is 6.07 Å². The summed E-state index contributed by atoms with van der Waals surface area (Å²) in [4.78, 5) is 10.6. The quantitative estimate of drug-likeness (QED) is 0.631. The third kappa shape index (κ3) is 3.62. The van der Waals surface area contributed by atoms with Gasteiger partial charge in [0.25, 0.3) is 5.69 Å². The van der Waals surface area contributed by atoms with Crippen molar-refractivity contribution in [3.8, 4) is 5.75 Å². The monoisotopic (exact) mass is 278 g/mol. The van der Waals surface area contributed by atoms with E-state index in [1.807, 2.05) is 13.0 Å². The highest BCUT2D eigenvalue weighted by Gasteiger charge is 2.28. The van der Waals surface area contributed by atoms with E-state index in [-0.39, 0.29) is 10.6 Å². The first-order chi connectivity index (χ1) is 9.52. The minimum atomic E-state index is -0.384. The zero-order valence-electron chi connectivity index (χ0n) is 12.1. The average Bonchev–Trinajstić information content (AvgIpc) is 2.84. The standard InChI is InChI=1S/C15H22N2O3/c1-3-20-14-9-12(8-13(10-14)17(18)19)16-11-15(2)6-4-5-7-15/h8-10,16H,3-7,11H2,1-2H3. The summed E-state index contributed by atoms with van der Waals surface area (Å²) in [6.45, 7) is 5.48. The smallest absolute Gasteiger partial charge is 0.275 e. The zero-order valence-corrected chi connectivity index (χ0v) is 12.1. The Morgan fingerprint density at radius 1 is 1.35 bits per heavy atom. The number of ether oxygens (including phenoxy) is 1. The summed E-state index contributed by atoms with van der Waals surface area (Å²) in [6, 6.07) is 4.86. The Morgan fingerprint density at radius 2 is 2.05 bits per heavy atom. The highest BCUT2D eigenvalue weighted by molar-refractivity contribution is 5.56. The molecule has 0 spiro atoms. The van der Waals surface area contributed by atoms with Crippen LogP contribution in [0.25, 0.3) is 0 Å². The molecule has 0 aliphatic heterocycles. The largest absolute Gasteiger partial charge is 0.494 e. The third-order valence-electron chi connectivity index (χ3n) is 3.94. The molecule has 1 aliphatic rings. The third-order valence-corrected chi connectivity index (χ3v) is 3.94. The first-order valence-electron chi connectivity index (χ1n) is 7.18. The molecule has 1 aromatic carbocycles. The van der Waals surface area contributed by atoms with Gasteiger partial charge in [0, 0.05) is 24.4 Å². The maximum Gasteiger partial charge on any atom is 0.275 e. The minimum absolute atomic E-state index is 0.0648. The van der Waals surface area contributed by atoms with E-state index in [0.29, 0.717) is 17.8 Å². The Bertz CT molecular complexity index is 482. The Hall–Kier alpha value is -1.78. The van der Waals surface area contributed by atoms with E-state index >= 15 is 0 Å². The van der Waals surface area contributed by atoms with Gasteiger partial charge in [0.2, 0.25) is 0 Å². The van der Waals surface area contributed by atoms with Crippen LogP contribution in [-0.2, 0) is 0 Å². The fourth-order valence-electron chi connectivity index (χ4n) is 2.76. The molecule has 0 aromatic heterocycles. The second-order valence-corrected chi connectivity index (χ2v) is 5.78. The Morgan fingerprint density at radius 3 is 2.65 bits per heavy atom. The van der Waals surface area contributed by atoms with Crippen LogP contribution in [0.5, 0.6) is 5.75 Å². The van der Waals surface area contributed by atoms with Gasteiger partial charge in [-0.25, -0.2) is 0 Å². The lowest BCUT2D eigenvalue weighted by Gasteiger charge is -2.24. The molecule has 1 N–H and O–H groups in total. The second kappa shape index (κ2) is 6.11. The number of rotatable bonds is 6. The van der Waals surface area contributed by atoms with Gasteiger partial charge in [0.05, 0.1) is 17.6 Å². The number of hydrogen-bond donors (Lipinski definition) is 1. The molecule has 20 heavy (non-hydrogen) atoms. The van der Waals surface area contributed by atoms with Crippen LogP contribution in [0.3, 0.4) is 0 Å². The number of nitrogens with zero attached hydrogens (tertiary/aromatic N) is 1. The van der Waals surface area contributed by atoms with Crippen LogP contribution in [0, 0.1) is 15.5 Å². The molecule has 0 atom stereocenters. The topological polar surface area (TPSA) is 64.4 Å². The SMILES string of the molecule is CCOc1cc(NCC2(C)CCCC2)cc([N+](=O)[O-])c1. The van der Waals surface area contributed by atoms with E-state index in [1.165, 1.54) is 31.7 Å². The Balaban J connectivity index is 2.11. The van der Waals surface area contributed by atoms with Gasteiger partial charge < -0.3 is 10.1 Å². The van der Waals surface area contributed by atoms with Crippen LogP contribution < -0.4 is 10.1 Å². The van der Waals surface area contributed by atoms with Crippen molar-refractivity contribution in [2.75, 3.05) is 18.5 Å². The van der Waals surface area contributed by atoms with E-state index < -0.39 is 0 Å². The van der Waals surface area contributed by atoms with E-state index in [9.17, 15) is 10.1 Å². The number of nitrogens with one attached hydrogen (secondary N) is 1. The molecule has 0 saturated heterocycles. The summed E-state index contributed by atoms with van der Waals surface area (Å²) in [5.74, 6) is 0.542. The highest BCUT2D eigenvalue weighted by atomic mass is 16.6. The molecule has 5 nitrogen and oxygen atoms in total. The molecule has 0 bridgehead atoms. The van der Waals surface area contributed by atoms with Crippen molar-refractivity contribution in [2.24, 2.45) is 5.41 Å². The molecule has 1 aliphatic carbocycles. The summed E-state index contributed by atoms with van der Waals surface area (Å²) < 4.78 is 5.39. The first kappa shape index (κ1) is 14.6. The summed E-state index contributed by atoms with van der Waals surface area (Å²) in [5.41, 5.74) is 1.13. The van der Waals surface area contributed by atoms with Gasteiger partial charge in [-0.2, -0.15) is 0 Å². The van der Waals surface area contributed by atoms with Gasteiger partial charge in [0.1, 0.15) is 5.75 Å². The highest BCUT2D eigenvalue weighted by Crippen LogP contribution is 2.38. The number of anilines is 1.